The SMILES string of the molecule is CC(C)(C)Pc1ccccc1Cl. The van der Waals surface area contributed by atoms with Crippen LogP contribution in [0.1, 0.15) is 20.8 Å². The second-order valence-corrected chi connectivity index (χ2v) is 6.55. The fourth-order valence-electron chi connectivity index (χ4n) is 0.967. The number of rotatable bonds is 1. The smallest absolute Gasteiger partial charge is 0.0480 e. The highest BCUT2D eigenvalue weighted by molar-refractivity contribution is 7.49. The van der Waals surface area contributed by atoms with Crippen molar-refractivity contribution in [2.75, 3.05) is 0 Å². The van der Waals surface area contributed by atoms with E-state index < -0.39 is 0 Å². The van der Waals surface area contributed by atoms with Crippen molar-refractivity contribution in [3.8, 4) is 0 Å². The quantitative estimate of drug-likeness (QED) is 0.610. The van der Waals surface area contributed by atoms with Crippen molar-refractivity contribution in [1.29, 1.82) is 0 Å². The fraction of sp³-hybridized carbons (Fsp3) is 0.400. The van der Waals surface area contributed by atoms with Crippen molar-refractivity contribution in [2.45, 2.75) is 25.9 Å². The van der Waals surface area contributed by atoms with Gasteiger partial charge in [-0.05, 0) is 16.5 Å². The van der Waals surface area contributed by atoms with Crippen LogP contribution in [0.25, 0.3) is 0 Å². The van der Waals surface area contributed by atoms with Crippen molar-refractivity contribution in [2.24, 2.45) is 0 Å². The lowest BCUT2D eigenvalue weighted by Gasteiger charge is -2.18. The first-order valence-corrected chi connectivity index (χ1v) is 5.39. The first-order valence-electron chi connectivity index (χ1n) is 4.02. The molecule has 0 heterocycles. The zero-order valence-electron chi connectivity index (χ0n) is 7.69. The van der Waals surface area contributed by atoms with Gasteiger partial charge in [0, 0.05) is 5.02 Å². The fourth-order valence-corrected chi connectivity index (χ4v) is 2.43. The second-order valence-electron chi connectivity index (χ2n) is 3.85. The number of hydrogen-bond donors (Lipinski definition) is 0. The minimum absolute atomic E-state index is 0.338. The summed E-state index contributed by atoms with van der Waals surface area (Å²) in [7, 11) is 0.781. The standard InChI is InChI=1S/C10H14ClP/c1-10(2,3)12-9-7-5-4-6-8(9)11/h4-7,12H,1-3H3. The van der Waals surface area contributed by atoms with Crippen molar-refractivity contribution < 1.29 is 0 Å². The molecule has 0 aliphatic rings. The van der Waals surface area contributed by atoms with Gasteiger partial charge in [0.05, 0.1) is 0 Å². The van der Waals surface area contributed by atoms with Gasteiger partial charge in [0.1, 0.15) is 0 Å². The van der Waals surface area contributed by atoms with Crippen LogP contribution >= 0.6 is 20.2 Å². The Labute approximate surface area is 81.1 Å². The van der Waals surface area contributed by atoms with E-state index in [1.165, 1.54) is 5.30 Å². The average Bonchev–Trinajstić information content (AvgIpc) is 1.91. The summed E-state index contributed by atoms with van der Waals surface area (Å²) in [5, 5.41) is 2.50. The predicted molar refractivity (Wildman–Crippen MR) is 59.2 cm³/mol. The highest BCUT2D eigenvalue weighted by Crippen LogP contribution is 2.31. The summed E-state index contributed by atoms with van der Waals surface area (Å²) in [6, 6.07) is 8.07. The van der Waals surface area contributed by atoms with Crippen molar-refractivity contribution in [1.82, 2.24) is 0 Å². The molecule has 0 aliphatic carbocycles. The van der Waals surface area contributed by atoms with Crippen molar-refractivity contribution >= 4 is 25.5 Å². The lowest BCUT2D eigenvalue weighted by molar-refractivity contribution is 0.799. The van der Waals surface area contributed by atoms with Crippen LogP contribution in [-0.4, -0.2) is 5.16 Å². The Balaban J connectivity index is 2.83. The van der Waals surface area contributed by atoms with Crippen molar-refractivity contribution in [3.63, 3.8) is 0 Å². The van der Waals surface area contributed by atoms with E-state index in [-0.39, 0.29) is 0 Å². The van der Waals surface area contributed by atoms with Gasteiger partial charge >= 0.3 is 0 Å². The Kier molecular flexibility index (Phi) is 3.15. The zero-order valence-corrected chi connectivity index (χ0v) is 9.44. The largest absolute Gasteiger partial charge is 0.0837 e. The Bertz CT molecular complexity index is 263. The molecule has 0 radical (unpaired) electrons. The minimum Gasteiger partial charge on any atom is -0.0837 e. The third kappa shape index (κ3) is 3.13. The molecule has 1 aromatic carbocycles. The third-order valence-electron chi connectivity index (χ3n) is 1.38. The van der Waals surface area contributed by atoms with E-state index in [4.69, 9.17) is 11.6 Å². The molecule has 0 aliphatic heterocycles. The van der Waals surface area contributed by atoms with Gasteiger partial charge < -0.3 is 0 Å². The molecule has 1 unspecified atom stereocenters. The summed E-state index contributed by atoms with van der Waals surface area (Å²) in [6.07, 6.45) is 0. The molecule has 0 aromatic heterocycles. The van der Waals surface area contributed by atoms with Gasteiger partial charge in [0.25, 0.3) is 0 Å². The van der Waals surface area contributed by atoms with E-state index in [2.05, 4.69) is 26.8 Å². The highest BCUT2D eigenvalue weighted by Gasteiger charge is 2.12. The molecule has 1 atom stereocenters. The highest BCUT2D eigenvalue weighted by atomic mass is 35.5. The monoisotopic (exact) mass is 200 g/mol. The van der Waals surface area contributed by atoms with E-state index in [0.29, 0.717) is 5.16 Å². The normalized spacial score (nSPS) is 12.7. The van der Waals surface area contributed by atoms with Crippen LogP contribution in [0.3, 0.4) is 0 Å². The van der Waals surface area contributed by atoms with E-state index >= 15 is 0 Å². The Hall–Kier alpha value is -0.0600. The average molecular weight is 201 g/mol. The third-order valence-corrected chi connectivity index (χ3v) is 3.33. The van der Waals surface area contributed by atoms with Gasteiger partial charge in [0.2, 0.25) is 0 Å². The van der Waals surface area contributed by atoms with Crippen LogP contribution in [0.4, 0.5) is 0 Å². The summed E-state index contributed by atoms with van der Waals surface area (Å²) in [5.74, 6) is 0. The Morgan fingerprint density at radius 1 is 1.17 bits per heavy atom. The van der Waals surface area contributed by atoms with Gasteiger partial charge in [-0.2, -0.15) is 0 Å². The summed E-state index contributed by atoms with van der Waals surface area (Å²) in [6.45, 7) is 6.69. The number of halogens is 1. The van der Waals surface area contributed by atoms with Crippen molar-refractivity contribution in [3.05, 3.63) is 29.3 Å². The van der Waals surface area contributed by atoms with Gasteiger partial charge in [-0.1, -0.05) is 59.2 Å². The molecule has 0 bridgehead atoms. The summed E-state index contributed by atoms with van der Waals surface area (Å²) >= 11 is 6.04. The molecule has 1 rings (SSSR count). The molecule has 0 nitrogen and oxygen atoms in total. The molecular weight excluding hydrogens is 187 g/mol. The lowest BCUT2D eigenvalue weighted by Crippen LogP contribution is -2.11. The van der Waals surface area contributed by atoms with E-state index in [1.807, 2.05) is 18.2 Å². The Morgan fingerprint density at radius 2 is 1.75 bits per heavy atom. The predicted octanol–water partition coefficient (Wildman–Crippen LogP) is 3.44. The van der Waals surface area contributed by atoms with Gasteiger partial charge in [-0.3, -0.25) is 0 Å². The molecule has 0 fully saturated rings. The van der Waals surface area contributed by atoms with Crippen LogP contribution in [0.5, 0.6) is 0 Å². The second kappa shape index (κ2) is 3.77. The van der Waals surface area contributed by atoms with Crippen LogP contribution in [0.2, 0.25) is 5.02 Å². The van der Waals surface area contributed by atoms with Crippen LogP contribution in [-0.2, 0) is 0 Å². The maximum atomic E-state index is 6.04. The molecule has 0 N–H and O–H groups in total. The summed E-state index contributed by atoms with van der Waals surface area (Å²) in [5.41, 5.74) is 0. The Morgan fingerprint density at radius 3 is 2.25 bits per heavy atom. The van der Waals surface area contributed by atoms with Gasteiger partial charge in [0.15, 0.2) is 0 Å². The minimum atomic E-state index is 0.338. The summed E-state index contributed by atoms with van der Waals surface area (Å²) in [4.78, 5) is 0. The molecule has 0 saturated carbocycles. The zero-order chi connectivity index (χ0) is 9.19. The first-order chi connectivity index (χ1) is 5.49. The van der Waals surface area contributed by atoms with E-state index in [9.17, 15) is 0 Å². The first kappa shape index (κ1) is 10.0. The number of benzene rings is 1. The lowest BCUT2D eigenvalue weighted by atomic mass is 10.3. The summed E-state index contributed by atoms with van der Waals surface area (Å²) < 4.78 is 0. The molecule has 0 spiro atoms. The molecule has 12 heavy (non-hydrogen) atoms. The number of hydrogen-bond acceptors (Lipinski definition) is 0. The van der Waals surface area contributed by atoms with E-state index in [1.54, 1.807) is 0 Å². The van der Waals surface area contributed by atoms with Gasteiger partial charge in [-0.15, -0.1) is 0 Å². The van der Waals surface area contributed by atoms with Gasteiger partial charge in [-0.25, -0.2) is 0 Å². The van der Waals surface area contributed by atoms with Crippen LogP contribution in [0.15, 0.2) is 24.3 Å². The van der Waals surface area contributed by atoms with Crippen LogP contribution < -0.4 is 5.30 Å². The van der Waals surface area contributed by atoms with E-state index in [0.717, 1.165) is 13.6 Å². The molecule has 0 amide bonds. The molecule has 1 aromatic rings. The maximum absolute atomic E-state index is 6.04. The van der Waals surface area contributed by atoms with Crippen LogP contribution in [0, 0.1) is 0 Å². The molecular formula is C10H14ClP. The topological polar surface area (TPSA) is 0 Å². The molecule has 0 saturated heterocycles. The molecule has 2 heteroatoms. The maximum Gasteiger partial charge on any atom is 0.0480 e. The molecule has 66 valence electrons.